The van der Waals surface area contributed by atoms with E-state index in [2.05, 4.69) is 25.5 Å². The maximum absolute atomic E-state index is 11.8. The third kappa shape index (κ3) is 3.45. The average Bonchev–Trinajstić information content (AvgIpc) is 2.79. The summed E-state index contributed by atoms with van der Waals surface area (Å²) in [6.45, 7) is 3.66. The van der Waals surface area contributed by atoms with E-state index in [0.717, 1.165) is 11.3 Å². The number of aromatic nitrogens is 4. The molecule has 2 aromatic heterocycles. The molecule has 2 aromatic rings. The molecule has 2 heterocycles. The third-order valence-corrected chi connectivity index (χ3v) is 3.03. The zero-order valence-corrected chi connectivity index (χ0v) is 11.8. The summed E-state index contributed by atoms with van der Waals surface area (Å²) in [5.41, 5.74) is 1.61. The molecule has 0 aliphatic carbocycles. The first-order valence-corrected chi connectivity index (χ1v) is 6.40. The Labute approximate surface area is 119 Å². The molecule has 8 heteroatoms. The van der Waals surface area contributed by atoms with Crippen LogP contribution in [0.5, 0.6) is 0 Å². The highest BCUT2D eigenvalue weighted by Crippen LogP contribution is 2.08. The highest BCUT2D eigenvalue weighted by Gasteiger charge is 2.09. The predicted octanol–water partition coefficient (Wildman–Crippen LogP) is 1.33. The van der Waals surface area contributed by atoms with Crippen molar-refractivity contribution in [3.8, 4) is 0 Å². The highest BCUT2D eigenvalue weighted by molar-refractivity contribution is 6.28. The van der Waals surface area contributed by atoms with Crippen molar-refractivity contribution >= 4 is 23.2 Å². The van der Waals surface area contributed by atoms with E-state index < -0.39 is 0 Å². The number of aromatic amines is 2. The van der Waals surface area contributed by atoms with Gasteiger partial charge in [0.05, 0.1) is 0 Å². The molecule has 1 amide bonds. The maximum atomic E-state index is 11.8. The van der Waals surface area contributed by atoms with Gasteiger partial charge in [-0.05, 0) is 37.1 Å². The molecule has 0 saturated heterocycles. The Balaban J connectivity index is 1.98. The van der Waals surface area contributed by atoms with Crippen LogP contribution in [0.1, 0.15) is 23.5 Å². The summed E-state index contributed by atoms with van der Waals surface area (Å²) in [4.78, 5) is 30.0. The van der Waals surface area contributed by atoms with Crippen LogP contribution in [0.25, 0.3) is 0 Å². The van der Waals surface area contributed by atoms with Crippen LogP contribution in [0.3, 0.4) is 0 Å². The zero-order valence-electron chi connectivity index (χ0n) is 11.1. The molecule has 0 atom stereocenters. The molecule has 3 N–H and O–H groups in total. The van der Waals surface area contributed by atoms with Crippen LogP contribution in [-0.2, 0) is 11.2 Å². The zero-order chi connectivity index (χ0) is 14.7. The second kappa shape index (κ2) is 5.87. The van der Waals surface area contributed by atoms with Crippen LogP contribution < -0.4 is 10.9 Å². The lowest BCUT2D eigenvalue weighted by atomic mass is 10.2. The monoisotopic (exact) mass is 295 g/mol. The molecule has 0 bridgehead atoms. The molecule has 0 radical (unpaired) electrons. The molecular weight excluding hydrogens is 282 g/mol. The molecule has 2 rings (SSSR count). The quantitative estimate of drug-likeness (QED) is 0.791. The van der Waals surface area contributed by atoms with Crippen molar-refractivity contribution < 1.29 is 4.79 Å². The van der Waals surface area contributed by atoms with Gasteiger partial charge in [-0.15, -0.1) is 5.10 Å². The Bertz CT molecular complexity index is 691. The smallest absolute Gasteiger partial charge is 0.271 e. The maximum Gasteiger partial charge on any atom is 0.271 e. The standard InChI is InChI=1S/C12H14ClN5O2/c1-6-5-8(11(20)14-7(6)2)15-10(19)4-3-9-16-12(13)18-17-9/h5H,3-4H2,1-2H3,(H,14,20)(H,15,19)(H,16,17,18). The van der Waals surface area contributed by atoms with Gasteiger partial charge in [0.15, 0.2) is 0 Å². The second-order valence-corrected chi connectivity index (χ2v) is 4.76. The summed E-state index contributed by atoms with van der Waals surface area (Å²) < 4.78 is 0. The number of nitrogens with zero attached hydrogens (tertiary/aromatic N) is 2. The predicted molar refractivity (Wildman–Crippen MR) is 74.9 cm³/mol. The van der Waals surface area contributed by atoms with E-state index in [1.807, 2.05) is 6.92 Å². The van der Waals surface area contributed by atoms with Crippen LogP contribution in [-0.4, -0.2) is 26.1 Å². The molecule has 0 saturated carbocycles. The Morgan fingerprint density at radius 3 is 2.85 bits per heavy atom. The van der Waals surface area contributed by atoms with Gasteiger partial charge in [0.1, 0.15) is 11.5 Å². The van der Waals surface area contributed by atoms with Crippen LogP contribution >= 0.6 is 11.6 Å². The van der Waals surface area contributed by atoms with Gasteiger partial charge in [0, 0.05) is 18.5 Å². The summed E-state index contributed by atoms with van der Waals surface area (Å²) >= 11 is 5.56. The number of amides is 1. The summed E-state index contributed by atoms with van der Waals surface area (Å²) in [5.74, 6) is 0.255. The van der Waals surface area contributed by atoms with E-state index in [1.165, 1.54) is 0 Å². The topological polar surface area (TPSA) is 104 Å². The summed E-state index contributed by atoms with van der Waals surface area (Å²) in [7, 11) is 0. The Hall–Kier alpha value is -2.15. The molecule has 0 fully saturated rings. The normalized spacial score (nSPS) is 10.6. The van der Waals surface area contributed by atoms with E-state index in [-0.39, 0.29) is 28.9 Å². The minimum atomic E-state index is -0.316. The number of halogens is 1. The fraction of sp³-hybridized carbons (Fsp3) is 0.333. The summed E-state index contributed by atoms with van der Waals surface area (Å²) in [5, 5.41) is 8.96. The Morgan fingerprint density at radius 1 is 1.45 bits per heavy atom. The van der Waals surface area contributed by atoms with Crippen molar-refractivity contribution in [2.45, 2.75) is 26.7 Å². The second-order valence-electron chi connectivity index (χ2n) is 4.42. The van der Waals surface area contributed by atoms with E-state index >= 15 is 0 Å². The van der Waals surface area contributed by atoms with Gasteiger partial charge in [-0.2, -0.15) is 0 Å². The molecule has 0 aromatic carbocycles. The van der Waals surface area contributed by atoms with Crippen LogP contribution in [0.15, 0.2) is 10.9 Å². The number of carbonyl (C=O) groups excluding carboxylic acids is 1. The number of rotatable bonds is 4. The average molecular weight is 296 g/mol. The van der Waals surface area contributed by atoms with Crippen molar-refractivity contribution in [1.29, 1.82) is 0 Å². The molecule has 0 spiro atoms. The largest absolute Gasteiger partial charge is 0.324 e. The molecule has 7 nitrogen and oxygen atoms in total. The summed E-state index contributed by atoms with van der Waals surface area (Å²) in [6, 6.07) is 1.65. The Kier molecular flexibility index (Phi) is 4.19. The molecule has 0 aliphatic heterocycles. The summed E-state index contributed by atoms with van der Waals surface area (Å²) in [6.07, 6.45) is 0.548. The van der Waals surface area contributed by atoms with Gasteiger partial charge < -0.3 is 10.3 Å². The number of hydrogen-bond donors (Lipinski definition) is 3. The van der Waals surface area contributed by atoms with Crippen molar-refractivity contribution in [2.75, 3.05) is 5.32 Å². The molecule has 20 heavy (non-hydrogen) atoms. The van der Waals surface area contributed by atoms with Gasteiger partial charge >= 0.3 is 0 Å². The lowest BCUT2D eigenvalue weighted by molar-refractivity contribution is -0.116. The van der Waals surface area contributed by atoms with Crippen LogP contribution in [0.2, 0.25) is 5.28 Å². The number of H-pyrrole nitrogens is 2. The number of aryl methyl sites for hydroxylation is 3. The first kappa shape index (κ1) is 14.3. The number of hydrogen-bond acceptors (Lipinski definition) is 4. The molecule has 0 unspecified atom stereocenters. The number of pyridine rings is 1. The van der Waals surface area contributed by atoms with Crippen molar-refractivity contribution in [2.24, 2.45) is 0 Å². The molecule has 0 aliphatic rings. The van der Waals surface area contributed by atoms with Crippen molar-refractivity contribution in [1.82, 2.24) is 20.2 Å². The lowest BCUT2D eigenvalue weighted by Gasteiger charge is -2.06. The molecular formula is C12H14ClN5O2. The van der Waals surface area contributed by atoms with Gasteiger partial charge in [0.25, 0.3) is 5.56 Å². The SMILES string of the molecule is Cc1cc(NC(=O)CCc2nc(Cl)n[nH]2)c(=O)[nH]c1C. The third-order valence-electron chi connectivity index (χ3n) is 2.87. The first-order chi connectivity index (χ1) is 9.45. The van der Waals surface area contributed by atoms with E-state index in [1.54, 1.807) is 13.0 Å². The first-order valence-electron chi connectivity index (χ1n) is 6.03. The fourth-order valence-electron chi connectivity index (χ4n) is 1.65. The Morgan fingerprint density at radius 2 is 2.20 bits per heavy atom. The van der Waals surface area contributed by atoms with Crippen LogP contribution in [0.4, 0.5) is 5.69 Å². The van der Waals surface area contributed by atoms with Crippen molar-refractivity contribution in [3.05, 3.63) is 38.8 Å². The minimum absolute atomic E-state index is 0.117. The number of anilines is 1. The van der Waals surface area contributed by atoms with Gasteiger partial charge in [-0.3, -0.25) is 14.7 Å². The number of nitrogens with one attached hydrogen (secondary N) is 3. The van der Waals surface area contributed by atoms with Gasteiger partial charge in [-0.1, -0.05) is 0 Å². The van der Waals surface area contributed by atoms with Crippen LogP contribution in [0, 0.1) is 13.8 Å². The van der Waals surface area contributed by atoms with E-state index in [9.17, 15) is 9.59 Å². The molecule has 106 valence electrons. The van der Waals surface area contributed by atoms with Gasteiger partial charge in [0.2, 0.25) is 11.2 Å². The van der Waals surface area contributed by atoms with Crippen molar-refractivity contribution in [3.63, 3.8) is 0 Å². The van der Waals surface area contributed by atoms with Gasteiger partial charge in [-0.25, -0.2) is 4.98 Å². The lowest BCUT2D eigenvalue weighted by Crippen LogP contribution is -2.21. The number of carbonyl (C=O) groups is 1. The minimum Gasteiger partial charge on any atom is -0.324 e. The van der Waals surface area contributed by atoms with E-state index in [4.69, 9.17) is 11.6 Å². The fourth-order valence-corrected chi connectivity index (χ4v) is 1.79. The highest BCUT2D eigenvalue weighted by atomic mass is 35.5. The van der Waals surface area contributed by atoms with E-state index in [0.29, 0.717) is 12.2 Å².